The molecule has 0 saturated carbocycles. The van der Waals surface area contributed by atoms with Crippen molar-refractivity contribution in [3.05, 3.63) is 18.8 Å². The highest BCUT2D eigenvalue weighted by atomic mass is 19.4. The Bertz CT molecular complexity index is 387. The zero-order chi connectivity index (χ0) is 16.8. The number of allylic oxidation sites excluding steroid dienone is 2. The fourth-order valence-electron chi connectivity index (χ4n) is 0.851. The summed E-state index contributed by atoms with van der Waals surface area (Å²) in [4.78, 5) is 0. The van der Waals surface area contributed by atoms with E-state index in [4.69, 9.17) is 0 Å². The summed E-state index contributed by atoms with van der Waals surface area (Å²) < 4.78 is 147. The first-order valence-corrected chi connectivity index (χ1v) is 4.21. The second-order valence-corrected chi connectivity index (χ2v) is 3.35. The Hall–Kier alpha value is -1.10. The van der Waals surface area contributed by atoms with Gasteiger partial charge in [0.05, 0.1) is 0 Å². The maximum atomic E-state index is 12.7. The molecule has 0 N–H and O–H groups in total. The third kappa shape index (κ3) is 2.32. The van der Waals surface area contributed by atoms with Gasteiger partial charge in [0.15, 0.2) is 5.83 Å². The number of alkyl halides is 11. The molecular weight excluding hydrogens is 324 g/mol. The van der Waals surface area contributed by atoms with Crippen LogP contribution in [0.1, 0.15) is 0 Å². The SMILES string of the molecule is [CH2]C=C(F)C(F)(F)C(F)(F)C(F)(F)C(F)(F)C(F)(F)F. The predicted octanol–water partition coefficient (Wildman–Crippen LogP) is 4.78. The Morgan fingerprint density at radius 1 is 0.650 bits per heavy atom. The molecule has 0 aliphatic heterocycles. The molecule has 20 heavy (non-hydrogen) atoms. The van der Waals surface area contributed by atoms with Crippen LogP contribution in [0.5, 0.6) is 0 Å². The van der Waals surface area contributed by atoms with E-state index in [1.54, 1.807) is 0 Å². The van der Waals surface area contributed by atoms with Crippen LogP contribution in [0.2, 0.25) is 0 Å². The van der Waals surface area contributed by atoms with Crippen molar-refractivity contribution in [2.45, 2.75) is 29.9 Å². The van der Waals surface area contributed by atoms with Crippen LogP contribution in [-0.2, 0) is 0 Å². The molecule has 0 aliphatic carbocycles. The van der Waals surface area contributed by atoms with Crippen LogP contribution in [0.3, 0.4) is 0 Å². The standard InChI is InChI=1S/C8H3F12/c1-2-3(9)4(10,11)5(12,13)6(14,15)7(16,17)8(18,19)20/h2H,1H2. The maximum absolute atomic E-state index is 12.7. The Balaban J connectivity index is 6.07. The van der Waals surface area contributed by atoms with Gasteiger partial charge in [-0.1, -0.05) is 0 Å². The van der Waals surface area contributed by atoms with Gasteiger partial charge in [0, 0.05) is 0 Å². The molecule has 0 aromatic rings. The van der Waals surface area contributed by atoms with Crippen molar-refractivity contribution in [3.8, 4) is 0 Å². The number of halogens is 12. The molecular formula is C8H3F12. The van der Waals surface area contributed by atoms with Crippen LogP contribution in [0.25, 0.3) is 0 Å². The summed E-state index contributed by atoms with van der Waals surface area (Å²) in [5.41, 5.74) is 0. The quantitative estimate of drug-likeness (QED) is 0.652. The molecule has 0 aromatic carbocycles. The minimum absolute atomic E-state index is 0.726. The van der Waals surface area contributed by atoms with Crippen LogP contribution >= 0.6 is 0 Å². The first kappa shape index (κ1) is 18.9. The normalized spacial score (nSPS) is 16.6. The fraction of sp³-hybridized carbons (Fsp3) is 0.625. The van der Waals surface area contributed by atoms with E-state index in [1.165, 1.54) is 0 Å². The lowest BCUT2D eigenvalue weighted by Gasteiger charge is -2.36. The van der Waals surface area contributed by atoms with Gasteiger partial charge in [-0.15, -0.1) is 0 Å². The lowest BCUT2D eigenvalue weighted by molar-refractivity contribution is -0.419. The fourth-order valence-corrected chi connectivity index (χ4v) is 0.851. The molecule has 0 amide bonds. The van der Waals surface area contributed by atoms with Crippen LogP contribution in [0, 0.1) is 6.92 Å². The zero-order valence-electron chi connectivity index (χ0n) is 8.82. The lowest BCUT2D eigenvalue weighted by atomic mass is 9.97. The van der Waals surface area contributed by atoms with Gasteiger partial charge in [-0.2, -0.15) is 48.3 Å². The van der Waals surface area contributed by atoms with Crippen molar-refractivity contribution in [2.75, 3.05) is 0 Å². The maximum Gasteiger partial charge on any atom is 0.460 e. The van der Waals surface area contributed by atoms with Gasteiger partial charge in [0.2, 0.25) is 0 Å². The van der Waals surface area contributed by atoms with Gasteiger partial charge >= 0.3 is 29.9 Å². The van der Waals surface area contributed by atoms with E-state index < -0.39 is 41.8 Å². The second kappa shape index (κ2) is 4.72. The number of hydrogen-bond acceptors (Lipinski definition) is 0. The molecule has 0 atom stereocenters. The summed E-state index contributed by atoms with van der Waals surface area (Å²) in [5, 5.41) is 0. The van der Waals surface area contributed by atoms with E-state index >= 15 is 0 Å². The molecule has 0 aromatic heterocycles. The largest absolute Gasteiger partial charge is 0.460 e. The van der Waals surface area contributed by atoms with Crippen LogP contribution in [0.4, 0.5) is 52.7 Å². The molecule has 0 rings (SSSR count). The predicted molar refractivity (Wildman–Crippen MR) is 40.4 cm³/mol. The number of rotatable bonds is 4. The summed E-state index contributed by atoms with van der Waals surface area (Å²) in [6.45, 7) is 2.15. The highest BCUT2D eigenvalue weighted by Gasteiger charge is 2.87. The Morgan fingerprint density at radius 3 is 1.25 bits per heavy atom. The molecule has 119 valence electrons. The van der Waals surface area contributed by atoms with E-state index in [-0.39, 0.29) is 0 Å². The molecule has 0 spiro atoms. The van der Waals surface area contributed by atoms with E-state index in [1.807, 2.05) is 0 Å². The first-order chi connectivity index (χ1) is 8.48. The van der Waals surface area contributed by atoms with Crippen LogP contribution in [0.15, 0.2) is 11.9 Å². The smallest absolute Gasteiger partial charge is 0.205 e. The summed E-state index contributed by atoms with van der Waals surface area (Å²) in [6, 6.07) is 0. The highest BCUT2D eigenvalue weighted by Crippen LogP contribution is 2.58. The Labute approximate surface area is 103 Å². The summed E-state index contributed by atoms with van der Waals surface area (Å²) in [6.07, 6.45) is -7.99. The van der Waals surface area contributed by atoms with Gasteiger partial charge in [0.25, 0.3) is 0 Å². The van der Waals surface area contributed by atoms with Gasteiger partial charge in [0.1, 0.15) is 0 Å². The topological polar surface area (TPSA) is 0 Å². The lowest BCUT2D eigenvalue weighted by Crippen LogP contribution is -2.66. The Kier molecular flexibility index (Phi) is 4.46. The molecule has 0 aliphatic rings. The molecule has 0 saturated heterocycles. The molecule has 1 radical (unpaired) electrons. The van der Waals surface area contributed by atoms with E-state index in [2.05, 4.69) is 6.92 Å². The van der Waals surface area contributed by atoms with Crippen molar-refractivity contribution in [3.63, 3.8) is 0 Å². The van der Waals surface area contributed by atoms with E-state index in [9.17, 15) is 52.7 Å². The molecule has 0 heterocycles. The Morgan fingerprint density at radius 2 is 1.00 bits per heavy atom. The van der Waals surface area contributed by atoms with Crippen molar-refractivity contribution in [2.24, 2.45) is 0 Å². The summed E-state index contributed by atoms with van der Waals surface area (Å²) in [5.74, 6) is -32.5. The van der Waals surface area contributed by atoms with Crippen molar-refractivity contribution >= 4 is 0 Å². The summed E-state index contributed by atoms with van der Waals surface area (Å²) >= 11 is 0. The van der Waals surface area contributed by atoms with Crippen LogP contribution in [-0.4, -0.2) is 29.9 Å². The number of hydrogen-bond donors (Lipinski definition) is 0. The second-order valence-electron chi connectivity index (χ2n) is 3.35. The van der Waals surface area contributed by atoms with Crippen LogP contribution < -0.4 is 0 Å². The molecule has 0 unspecified atom stereocenters. The van der Waals surface area contributed by atoms with E-state index in [0.717, 1.165) is 0 Å². The third-order valence-corrected chi connectivity index (χ3v) is 2.02. The molecule has 0 fully saturated rings. The average molecular weight is 327 g/mol. The molecule has 12 heteroatoms. The minimum Gasteiger partial charge on any atom is -0.205 e. The summed E-state index contributed by atoms with van der Waals surface area (Å²) in [7, 11) is 0. The third-order valence-electron chi connectivity index (χ3n) is 2.02. The van der Waals surface area contributed by atoms with Crippen molar-refractivity contribution in [1.29, 1.82) is 0 Å². The molecule has 0 nitrogen and oxygen atoms in total. The monoisotopic (exact) mass is 327 g/mol. The van der Waals surface area contributed by atoms with Gasteiger partial charge in [-0.05, 0) is 13.0 Å². The van der Waals surface area contributed by atoms with Gasteiger partial charge in [-0.25, -0.2) is 4.39 Å². The minimum atomic E-state index is -7.61. The van der Waals surface area contributed by atoms with Crippen molar-refractivity contribution in [1.82, 2.24) is 0 Å². The molecule has 0 bridgehead atoms. The van der Waals surface area contributed by atoms with Gasteiger partial charge in [-0.3, -0.25) is 0 Å². The zero-order valence-corrected chi connectivity index (χ0v) is 8.82. The van der Waals surface area contributed by atoms with E-state index in [0.29, 0.717) is 0 Å². The average Bonchev–Trinajstić information content (AvgIpc) is 2.25. The van der Waals surface area contributed by atoms with Gasteiger partial charge < -0.3 is 0 Å². The first-order valence-electron chi connectivity index (χ1n) is 4.21. The highest BCUT2D eigenvalue weighted by molar-refractivity contribution is 5.17. The van der Waals surface area contributed by atoms with Crippen molar-refractivity contribution < 1.29 is 52.7 Å².